The summed E-state index contributed by atoms with van der Waals surface area (Å²) in [4.78, 5) is 22.8. The van der Waals surface area contributed by atoms with Crippen LogP contribution in [0.2, 0.25) is 19.6 Å². The Hall–Kier alpha value is -0.943. The van der Waals surface area contributed by atoms with Gasteiger partial charge in [0.1, 0.15) is 6.10 Å². The lowest BCUT2D eigenvalue weighted by Gasteiger charge is -2.28. The molecule has 0 unspecified atom stereocenters. The molecule has 0 aromatic heterocycles. The number of ketones is 1. The molecule has 0 fully saturated rings. The second-order valence-corrected chi connectivity index (χ2v) is 12.1. The highest BCUT2D eigenvalue weighted by Crippen LogP contribution is 2.18. The predicted molar refractivity (Wildman–Crippen MR) is 102 cm³/mol. The summed E-state index contributed by atoms with van der Waals surface area (Å²) in [5.74, 6) is 0.389. The Balaban J connectivity index is 4.43. The quantitative estimate of drug-likeness (QED) is 0.192. The predicted octanol–water partition coefficient (Wildman–Crippen LogP) is 4.89. The van der Waals surface area contributed by atoms with E-state index in [1.54, 1.807) is 6.08 Å². The third-order valence-corrected chi connectivity index (χ3v) is 4.74. The van der Waals surface area contributed by atoms with Gasteiger partial charge in [0.2, 0.25) is 0 Å². The van der Waals surface area contributed by atoms with Crippen molar-refractivity contribution in [3.63, 3.8) is 0 Å². The molecule has 0 N–H and O–H groups in total. The van der Waals surface area contributed by atoms with Gasteiger partial charge in [-0.15, -0.1) is 0 Å². The lowest BCUT2D eigenvalue weighted by molar-refractivity contribution is -0.133. The van der Waals surface area contributed by atoms with Gasteiger partial charge in [0.25, 0.3) is 6.47 Å². The van der Waals surface area contributed by atoms with E-state index in [-0.39, 0.29) is 18.0 Å². The van der Waals surface area contributed by atoms with Crippen molar-refractivity contribution in [1.82, 2.24) is 0 Å². The molecule has 140 valence electrons. The molecule has 0 radical (unpaired) electrons. The number of unbranched alkanes of at least 4 members (excludes halogenated alkanes) is 2. The summed E-state index contributed by atoms with van der Waals surface area (Å²) in [6, 6.07) is 0. The second kappa shape index (κ2) is 12.4. The molecular weight excluding hydrogens is 320 g/mol. The van der Waals surface area contributed by atoms with Crippen molar-refractivity contribution >= 4 is 20.6 Å². The number of allylic oxidation sites excluding steroid dienone is 1. The van der Waals surface area contributed by atoms with Gasteiger partial charge in [-0.05, 0) is 44.5 Å². The van der Waals surface area contributed by atoms with Crippen molar-refractivity contribution in [2.75, 3.05) is 0 Å². The third kappa shape index (κ3) is 12.5. The first-order valence-electron chi connectivity index (χ1n) is 9.15. The summed E-state index contributed by atoms with van der Waals surface area (Å²) in [5.41, 5.74) is 0. The fourth-order valence-corrected chi connectivity index (χ4v) is 3.69. The van der Waals surface area contributed by atoms with Gasteiger partial charge < -0.3 is 9.16 Å². The molecule has 5 heteroatoms. The van der Waals surface area contributed by atoms with E-state index < -0.39 is 8.32 Å². The fraction of sp³-hybridized carbons (Fsp3) is 0.789. The summed E-state index contributed by atoms with van der Waals surface area (Å²) in [6.07, 6.45) is 8.44. The lowest BCUT2D eigenvalue weighted by atomic mass is 10.0. The monoisotopic (exact) mass is 356 g/mol. The van der Waals surface area contributed by atoms with Crippen LogP contribution in [0.4, 0.5) is 0 Å². The van der Waals surface area contributed by atoms with Crippen LogP contribution in [-0.2, 0) is 18.8 Å². The summed E-state index contributed by atoms with van der Waals surface area (Å²) < 4.78 is 11.2. The maximum Gasteiger partial charge on any atom is 0.293 e. The zero-order valence-corrected chi connectivity index (χ0v) is 17.3. The van der Waals surface area contributed by atoms with Crippen molar-refractivity contribution in [2.24, 2.45) is 5.92 Å². The minimum Gasteiger partial charge on any atom is -0.464 e. The molecule has 0 saturated carbocycles. The van der Waals surface area contributed by atoms with E-state index in [1.807, 2.05) is 6.08 Å². The topological polar surface area (TPSA) is 52.6 Å². The molecule has 0 saturated heterocycles. The van der Waals surface area contributed by atoms with Crippen LogP contribution in [-0.4, -0.2) is 32.8 Å². The molecule has 0 aromatic carbocycles. The van der Waals surface area contributed by atoms with Gasteiger partial charge >= 0.3 is 0 Å². The zero-order valence-electron chi connectivity index (χ0n) is 16.3. The minimum absolute atomic E-state index is 0.0274. The van der Waals surface area contributed by atoms with Crippen LogP contribution in [0.3, 0.4) is 0 Å². The molecule has 4 nitrogen and oxygen atoms in total. The van der Waals surface area contributed by atoms with Crippen LogP contribution in [0, 0.1) is 5.92 Å². The van der Waals surface area contributed by atoms with Crippen molar-refractivity contribution in [1.29, 1.82) is 0 Å². The minimum atomic E-state index is -1.66. The maximum absolute atomic E-state index is 12.2. The molecule has 0 rings (SSSR count). The molecule has 2 atom stereocenters. The van der Waals surface area contributed by atoms with Crippen LogP contribution in [0.25, 0.3) is 0 Å². The van der Waals surface area contributed by atoms with E-state index in [4.69, 9.17) is 9.16 Å². The number of ether oxygens (including phenoxy) is 1. The molecule has 0 heterocycles. The first kappa shape index (κ1) is 23.1. The highest BCUT2D eigenvalue weighted by atomic mass is 28.4. The maximum atomic E-state index is 12.2. The molecule has 0 bridgehead atoms. The Bertz CT molecular complexity index is 385. The van der Waals surface area contributed by atoms with E-state index in [0.717, 1.165) is 25.7 Å². The molecule has 0 aliphatic rings. The summed E-state index contributed by atoms with van der Waals surface area (Å²) in [6.45, 7) is 13.2. The zero-order chi connectivity index (χ0) is 18.6. The standard InChI is InChI=1S/C19H36O4Si/c1-7-8-9-12-18(22-15-20)13-10-11-17(21)14-19(16(2)3)23-24(4,5)6/h10-11,15-16,18-19H,7-9,12-14H2,1-6H3/b11-10+/t18-,19-/m1/s1. The fourth-order valence-electron chi connectivity index (χ4n) is 2.43. The molecule has 0 amide bonds. The Morgan fingerprint density at radius 3 is 2.33 bits per heavy atom. The van der Waals surface area contributed by atoms with Gasteiger partial charge in [-0.3, -0.25) is 9.59 Å². The van der Waals surface area contributed by atoms with Gasteiger partial charge in [-0.1, -0.05) is 39.7 Å². The third-order valence-electron chi connectivity index (χ3n) is 3.73. The number of carbonyl (C=O) groups excluding carboxylic acids is 2. The van der Waals surface area contributed by atoms with Crippen LogP contribution >= 0.6 is 0 Å². The Kier molecular flexibility index (Phi) is 11.9. The smallest absolute Gasteiger partial charge is 0.293 e. The van der Waals surface area contributed by atoms with Crippen molar-refractivity contribution in [3.8, 4) is 0 Å². The number of hydrogen-bond donors (Lipinski definition) is 0. The normalized spacial score (nSPS) is 14.8. The molecule has 0 aliphatic carbocycles. The molecular formula is C19H36O4Si. The van der Waals surface area contributed by atoms with Crippen LogP contribution < -0.4 is 0 Å². The van der Waals surface area contributed by atoms with Gasteiger partial charge in [-0.25, -0.2) is 0 Å². The molecule has 0 aliphatic heterocycles. The van der Waals surface area contributed by atoms with Crippen LogP contribution in [0.15, 0.2) is 12.2 Å². The van der Waals surface area contributed by atoms with Crippen molar-refractivity contribution in [3.05, 3.63) is 12.2 Å². The number of rotatable bonds is 14. The van der Waals surface area contributed by atoms with Gasteiger partial charge in [0.15, 0.2) is 14.1 Å². The molecule has 0 aromatic rings. The number of carbonyl (C=O) groups is 2. The average Bonchev–Trinajstić information content (AvgIpc) is 2.45. The van der Waals surface area contributed by atoms with E-state index in [2.05, 4.69) is 40.4 Å². The van der Waals surface area contributed by atoms with Gasteiger partial charge in [0.05, 0.1) is 6.10 Å². The van der Waals surface area contributed by atoms with E-state index in [1.165, 1.54) is 0 Å². The number of hydrogen-bond acceptors (Lipinski definition) is 4. The van der Waals surface area contributed by atoms with E-state index >= 15 is 0 Å². The Morgan fingerprint density at radius 1 is 1.17 bits per heavy atom. The van der Waals surface area contributed by atoms with Crippen LogP contribution in [0.1, 0.15) is 59.3 Å². The second-order valence-electron chi connectivity index (χ2n) is 7.67. The largest absolute Gasteiger partial charge is 0.464 e. The first-order valence-corrected chi connectivity index (χ1v) is 12.6. The van der Waals surface area contributed by atoms with Gasteiger partial charge in [-0.2, -0.15) is 0 Å². The SMILES string of the molecule is CCCCC[C@H](C/C=C/C(=O)C[C@@H](O[Si](C)(C)C)C(C)C)OC=O. The van der Waals surface area contributed by atoms with Crippen molar-refractivity contribution in [2.45, 2.75) is 91.1 Å². The molecule has 0 spiro atoms. The Labute approximate surface area is 149 Å². The average molecular weight is 357 g/mol. The Morgan fingerprint density at radius 2 is 1.83 bits per heavy atom. The highest BCUT2D eigenvalue weighted by Gasteiger charge is 2.24. The summed E-state index contributed by atoms with van der Waals surface area (Å²) >= 11 is 0. The van der Waals surface area contributed by atoms with Crippen molar-refractivity contribution < 1.29 is 18.8 Å². The highest BCUT2D eigenvalue weighted by molar-refractivity contribution is 6.69. The first-order chi connectivity index (χ1) is 11.2. The van der Waals surface area contributed by atoms with E-state index in [9.17, 15) is 9.59 Å². The lowest BCUT2D eigenvalue weighted by Crippen LogP contribution is -2.36. The van der Waals surface area contributed by atoms with E-state index in [0.29, 0.717) is 25.2 Å². The summed E-state index contributed by atoms with van der Waals surface area (Å²) in [7, 11) is -1.66. The van der Waals surface area contributed by atoms with Crippen LogP contribution in [0.5, 0.6) is 0 Å². The van der Waals surface area contributed by atoms with Gasteiger partial charge in [0, 0.05) is 12.8 Å². The molecule has 24 heavy (non-hydrogen) atoms. The summed E-state index contributed by atoms with van der Waals surface area (Å²) in [5, 5.41) is 0.